The summed E-state index contributed by atoms with van der Waals surface area (Å²) < 4.78 is 5.38. The second-order valence-electron chi connectivity index (χ2n) is 3.99. The van der Waals surface area contributed by atoms with Crippen molar-refractivity contribution < 1.29 is 9.53 Å². The maximum absolute atomic E-state index is 11.6. The van der Waals surface area contributed by atoms with Crippen molar-refractivity contribution in [3.63, 3.8) is 0 Å². The summed E-state index contributed by atoms with van der Waals surface area (Å²) in [4.78, 5) is 15.6. The number of carbonyl (C=O) groups excluding carboxylic acids is 1. The molecular weight excluding hydrogens is 264 g/mol. The van der Waals surface area contributed by atoms with Crippen molar-refractivity contribution in [3.8, 4) is 5.75 Å². The molecule has 0 spiro atoms. The van der Waals surface area contributed by atoms with Crippen LogP contribution in [0.15, 0.2) is 42.7 Å². The van der Waals surface area contributed by atoms with Crippen molar-refractivity contribution in [1.82, 2.24) is 4.98 Å². The average Bonchev–Trinajstić information content (AvgIpc) is 2.41. The van der Waals surface area contributed by atoms with Crippen LogP contribution in [0.25, 0.3) is 0 Å². The predicted octanol–water partition coefficient (Wildman–Crippen LogP) is 3.06. The van der Waals surface area contributed by atoms with Crippen LogP contribution in [0, 0.1) is 6.92 Å². The maximum Gasteiger partial charge on any atom is 0.262 e. The van der Waals surface area contributed by atoms with Gasteiger partial charge in [-0.1, -0.05) is 11.6 Å². The highest BCUT2D eigenvalue weighted by Gasteiger charge is 2.04. The number of hydrogen-bond donors (Lipinski definition) is 1. The zero-order valence-corrected chi connectivity index (χ0v) is 11.1. The van der Waals surface area contributed by atoms with E-state index in [2.05, 4.69) is 10.3 Å². The summed E-state index contributed by atoms with van der Waals surface area (Å²) in [5.41, 5.74) is 1.55. The van der Waals surface area contributed by atoms with Crippen LogP contribution >= 0.6 is 11.6 Å². The van der Waals surface area contributed by atoms with Gasteiger partial charge < -0.3 is 10.1 Å². The molecule has 1 aromatic heterocycles. The number of aryl methyl sites for hydroxylation is 1. The van der Waals surface area contributed by atoms with E-state index in [-0.39, 0.29) is 12.5 Å². The number of anilines is 1. The predicted molar refractivity (Wildman–Crippen MR) is 74.6 cm³/mol. The highest BCUT2D eigenvalue weighted by molar-refractivity contribution is 6.31. The Balaban J connectivity index is 1.88. The number of hydrogen-bond acceptors (Lipinski definition) is 3. The van der Waals surface area contributed by atoms with Crippen LogP contribution in [0.1, 0.15) is 5.56 Å². The molecule has 98 valence electrons. The SMILES string of the molecule is Cc1cc(OCC(=O)Nc2cccnc2)ccc1Cl. The third kappa shape index (κ3) is 3.96. The molecule has 0 aliphatic carbocycles. The molecule has 5 heteroatoms. The number of halogens is 1. The van der Waals surface area contributed by atoms with Gasteiger partial charge in [-0.3, -0.25) is 9.78 Å². The van der Waals surface area contributed by atoms with Crippen LogP contribution in [0.4, 0.5) is 5.69 Å². The van der Waals surface area contributed by atoms with Crippen LogP contribution in [0.3, 0.4) is 0 Å². The largest absolute Gasteiger partial charge is 0.484 e. The third-order valence-corrected chi connectivity index (χ3v) is 2.87. The van der Waals surface area contributed by atoms with Gasteiger partial charge in [0.15, 0.2) is 6.61 Å². The minimum absolute atomic E-state index is 0.0596. The smallest absolute Gasteiger partial charge is 0.262 e. The van der Waals surface area contributed by atoms with Gasteiger partial charge in [-0.2, -0.15) is 0 Å². The van der Waals surface area contributed by atoms with Gasteiger partial charge in [0.05, 0.1) is 11.9 Å². The molecule has 1 aromatic carbocycles. The van der Waals surface area contributed by atoms with E-state index in [0.29, 0.717) is 16.5 Å². The number of pyridine rings is 1. The van der Waals surface area contributed by atoms with Crippen LogP contribution in [-0.2, 0) is 4.79 Å². The van der Waals surface area contributed by atoms with Gasteiger partial charge in [0.2, 0.25) is 0 Å². The van der Waals surface area contributed by atoms with Crippen molar-refractivity contribution in [2.75, 3.05) is 11.9 Å². The second kappa shape index (κ2) is 6.20. The fraction of sp³-hybridized carbons (Fsp3) is 0.143. The molecule has 0 aliphatic rings. The van der Waals surface area contributed by atoms with Gasteiger partial charge in [-0.05, 0) is 42.8 Å². The Bertz CT molecular complexity index is 573. The molecule has 0 radical (unpaired) electrons. The number of aromatic nitrogens is 1. The number of carbonyl (C=O) groups is 1. The lowest BCUT2D eigenvalue weighted by Gasteiger charge is -2.08. The Morgan fingerprint density at radius 1 is 1.42 bits per heavy atom. The summed E-state index contributed by atoms with van der Waals surface area (Å²) in [6.07, 6.45) is 3.22. The average molecular weight is 277 g/mol. The monoisotopic (exact) mass is 276 g/mol. The van der Waals surface area contributed by atoms with Gasteiger partial charge in [0.25, 0.3) is 5.91 Å². The van der Waals surface area contributed by atoms with Gasteiger partial charge >= 0.3 is 0 Å². The lowest BCUT2D eigenvalue weighted by molar-refractivity contribution is -0.118. The van der Waals surface area contributed by atoms with E-state index in [1.54, 1.807) is 42.7 Å². The van der Waals surface area contributed by atoms with E-state index < -0.39 is 0 Å². The van der Waals surface area contributed by atoms with E-state index in [0.717, 1.165) is 5.56 Å². The molecule has 1 N–H and O–H groups in total. The number of amides is 1. The molecule has 0 unspecified atom stereocenters. The van der Waals surface area contributed by atoms with Crippen molar-refractivity contribution in [1.29, 1.82) is 0 Å². The molecule has 1 heterocycles. The fourth-order valence-electron chi connectivity index (χ4n) is 1.49. The van der Waals surface area contributed by atoms with Crippen molar-refractivity contribution in [2.45, 2.75) is 6.92 Å². The van der Waals surface area contributed by atoms with Crippen LogP contribution in [0.2, 0.25) is 5.02 Å². The molecule has 0 bridgehead atoms. The highest BCUT2D eigenvalue weighted by Crippen LogP contribution is 2.20. The minimum atomic E-state index is -0.236. The number of nitrogens with zero attached hydrogens (tertiary/aromatic N) is 1. The summed E-state index contributed by atoms with van der Waals surface area (Å²) in [6.45, 7) is 1.82. The molecule has 0 fully saturated rings. The molecule has 2 aromatic rings. The second-order valence-corrected chi connectivity index (χ2v) is 4.40. The third-order valence-electron chi connectivity index (χ3n) is 2.44. The number of rotatable bonds is 4. The normalized spacial score (nSPS) is 10.0. The molecule has 4 nitrogen and oxygen atoms in total. The van der Waals surface area contributed by atoms with E-state index in [1.807, 2.05) is 6.92 Å². The highest BCUT2D eigenvalue weighted by atomic mass is 35.5. The van der Waals surface area contributed by atoms with Crippen LogP contribution < -0.4 is 10.1 Å². The summed E-state index contributed by atoms with van der Waals surface area (Å²) in [5.74, 6) is 0.379. The van der Waals surface area contributed by atoms with Crippen LogP contribution in [0.5, 0.6) is 5.75 Å². The standard InChI is InChI=1S/C14H13ClN2O2/c1-10-7-12(4-5-13(10)15)19-9-14(18)17-11-3-2-6-16-8-11/h2-8H,9H2,1H3,(H,17,18). The summed E-state index contributed by atoms with van der Waals surface area (Å²) in [7, 11) is 0. The summed E-state index contributed by atoms with van der Waals surface area (Å²) >= 11 is 5.91. The lowest BCUT2D eigenvalue weighted by atomic mass is 10.2. The first-order valence-electron chi connectivity index (χ1n) is 5.74. The van der Waals surface area contributed by atoms with E-state index in [1.165, 1.54) is 0 Å². The van der Waals surface area contributed by atoms with Crippen molar-refractivity contribution >= 4 is 23.2 Å². The zero-order valence-electron chi connectivity index (χ0n) is 10.4. The Morgan fingerprint density at radius 3 is 2.95 bits per heavy atom. The van der Waals surface area contributed by atoms with Gasteiger partial charge in [0.1, 0.15) is 5.75 Å². The molecule has 0 atom stereocenters. The molecule has 0 saturated carbocycles. The molecule has 1 amide bonds. The summed E-state index contributed by atoms with van der Waals surface area (Å²) in [6, 6.07) is 8.77. The zero-order chi connectivity index (χ0) is 13.7. The molecule has 0 saturated heterocycles. The molecule has 0 aliphatic heterocycles. The summed E-state index contributed by atoms with van der Waals surface area (Å²) in [5, 5.41) is 3.36. The fourth-order valence-corrected chi connectivity index (χ4v) is 1.61. The maximum atomic E-state index is 11.6. The van der Waals surface area contributed by atoms with Gasteiger partial charge in [0, 0.05) is 11.2 Å². The van der Waals surface area contributed by atoms with Crippen molar-refractivity contribution in [3.05, 3.63) is 53.3 Å². The number of nitrogens with one attached hydrogen (secondary N) is 1. The Hall–Kier alpha value is -2.07. The van der Waals surface area contributed by atoms with Crippen molar-refractivity contribution in [2.24, 2.45) is 0 Å². The van der Waals surface area contributed by atoms with Gasteiger partial charge in [-0.25, -0.2) is 0 Å². The Labute approximate surface area is 116 Å². The lowest BCUT2D eigenvalue weighted by Crippen LogP contribution is -2.20. The first kappa shape index (κ1) is 13.4. The number of benzene rings is 1. The number of ether oxygens (including phenoxy) is 1. The Morgan fingerprint density at radius 2 is 2.26 bits per heavy atom. The topological polar surface area (TPSA) is 51.2 Å². The van der Waals surface area contributed by atoms with Crippen LogP contribution in [-0.4, -0.2) is 17.5 Å². The minimum Gasteiger partial charge on any atom is -0.484 e. The van der Waals surface area contributed by atoms with E-state index in [4.69, 9.17) is 16.3 Å². The molecule has 2 rings (SSSR count). The first-order valence-corrected chi connectivity index (χ1v) is 6.12. The first-order chi connectivity index (χ1) is 9.15. The van der Waals surface area contributed by atoms with E-state index in [9.17, 15) is 4.79 Å². The molecule has 19 heavy (non-hydrogen) atoms. The van der Waals surface area contributed by atoms with Gasteiger partial charge in [-0.15, -0.1) is 0 Å². The molecular formula is C14H13ClN2O2. The Kier molecular flexibility index (Phi) is 4.36. The quantitative estimate of drug-likeness (QED) is 0.934. The van der Waals surface area contributed by atoms with E-state index >= 15 is 0 Å².